The molecule has 0 saturated heterocycles. The third-order valence-electron chi connectivity index (χ3n) is 3.53. The Kier molecular flexibility index (Phi) is 5.43. The van der Waals surface area contributed by atoms with E-state index in [1.165, 1.54) is 31.3 Å². The Bertz CT molecular complexity index is 1130. The van der Waals surface area contributed by atoms with Crippen molar-refractivity contribution < 1.29 is 9.90 Å². The number of hydrazone groups is 1. The predicted molar refractivity (Wildman–Crippen MR) is 102 cm³/mol. The van der Waals surface area contributed by atoms with Gasteiger partial charge >= 0.3 is 0 Å². The van der Waals surface area contributed by atoms with Crippen LogP contribution in [0.4, 0.5) is 0 Å². The van der Waals surface area contributed by atoms with Gasteiger partial charge in [0.1, 0.15) is 11.4 Å². The molecule has 0 bridgehead atoms. The summed E-state index contributed by atoms with van der Waals surface area (Å²) >= 11 is 11.7. The molecule has 0 aliphatic heterocycles. The van der Waals surface area contributed by atoms with Crippen molar-refractivity contribution in [3.05, 3.63) is 61.2 Å². The third-order valence-corrected chi connectivity index (χ3v) is 4.11. The number of nitrogens with one attached hydrogen (secondary N) is 2. The lowest BCUT2D eigenvalue weighted by atomic mass is 10.2. The molecule has 2 aromatic heterocycles. The standard InChI is InChI=1S/C16H13Cl2N7O3/c1-7-3-12(25(24-7)16-20-14(27)8(2)21-23-16)15(28)22-19-6-9-4-10(17)13(26)11(18)5-9/h3-6,26H,1-2H3,(H,22,28)(H,20,23,27)/b19-6-. The van der Waals surface area contributed by atoms with E-state index in [0.717, 1.165) is 4.68 Å². The number of aromatic nitrogens is 5. The fraction of sp³-hybridized carbons (Fsp3) is 0.125. The molecule has 0 atom stereocenters. The van der Waals surface area contributed by atoms with Gasteiger partial charge in [0.15, 0.2) is 5.75 Å². The molecule has 0 fully saturated rings. The van der Waals surface area contributed by atoms with Gasteiger partial charge in [-0.2, -0.15) is 14.9 Å². The van der Waals surface area contributed by atoms with Gasteiger partial charge in [-0.1, -0.05) is 23.2 Å². The predicted octanol–water partition coefficient (Wildman–Crippen LogP) is 1.74. The molecule has 0 aliphatic rings. The fourth-order valence-corrected chi connectivity index (χ4v) is 2.69. The number of phenols is 1. The van der Waals surface area contributed by atoms with Crippen molar-refractivity contribution in [1.29, 1.82) is 0 Å². The first-order valence-corrected chi connectivity index (χ1v) is 8.54. The van der Waals surface area contributed by atoms with E-state index in [0.29, 0.717) is 11.3 Å². The fourth-order valence-electron chi connectivity index (χ4n) is 2.19. The average Bonchev–Trinajstić information content (AvgIpc) is 3.03. The summed E-state index contributed by atoms with van der Waals surface area (Å²) in [4.78, 5) is 26.7. The minimum atomic E-state index is -0.601. The maximum absolute atomic E-state index is 12.5. The van der Waals surface area contributed by atoms with Gasteiger partial charge in [0.2, 0.25) is 0 Å². The largest absolute Gasteiger partial charge is 0.505 e. The smallest absolute Gasteiger partial charge is 0.290 e. The molecule has 0 spiro atoms. The highest BCUT2D eigenvalue weighted by Crippen LogP contribution is 2.32. The number of aromatic amines is 1. The van der Waals surface area contributed by atoms with E-state index in [4.69, 9.17) is 23.2 Å². The van der Waals surface area contributed by atoms with E-state index in [1.807, 2.05) is 0 Å². The molecule has 12 heteroatoms. The van der Waals surface area contributed by atoms with Crippen molar-refractivity contribution >= 4 is 35.3 Å². The highest BCUT2D eigenvalue weighted by Gasteiger charge is 2.17. The van der Waals surface area contributed by atoms with Crippen molar-refractivity contribution in [2.24, 2.45) is 5.10 Å². The van der Waals surface area contributed by atoms with Crippen LogP contribution >= 0.6 is 23.2 Å². The number of H-pyrrole nitrogens is 1. The second kappa shape index (κ2) is 7.79. The Balaban J connectivity index is 1.84. The molecule has 3 rings (SSSR count). The topological polar surface area (TPSA) is 138 Å². The zero-order chi connectivity index (χ0) is 20.4. The lowest BCUT2D eigenvalue weighted by Crippen LogP contribution is -2.24. The van der Waals surface area contributed by atoms with Crippen LogP contribution < -0.4 is 11.0 Å². The molecule has 0 aliphatic carbocycles. The number of rotatable bonds is 4. The number of halogens is 2. The number of phenolic OH excluding ortho intramolecular Hbond substituents is 1. The Labute approximate surface area is 167 Å². The third kappa shape index (κ3) is 4.02. The molecular weight excluding hydrogens is 409 g/mol. The van der Waals surface area contributed by atoms with Gasteiger partial charge in [-0.15, -0.1) is 10.2 Å². The maximum atomic E-state index is 12.5. The quantitative estimate of drug-likeness (QED) is 0.433. The van der Waals surface area contributed by atoms with E-state index in [-0.39, 0.29) is 33.1 Å². The van der Waals surface area contributed by atoms with E-state index in [2.05, 4.69) is 30.8 Å². The van der Waals surface area contributed by atoms with Crippen LogP contribution in [0.25, 0.3) is 5.95 Å². The summed E-state index contributed by atoms with van der Waals surface area (Å²) in [6.45, 7) is 3.19. The molecule has 10 nitrogen and oxygen atoms in total. The normalized spacial score (nSPS) is 11.1. The van der Waals surface area contributed by atoms with Crippen LogP contribution in [0.3, 0.4) is 0 Å². The number of hydrogen-bond acceptors (Lipinski definition) is 7. The molecule has 3 N–H and O–H groups in total. The lowest BCUT2D eigenvalue weighted by Gasteiger charge is -2.05. The number of benzene rings is 1. The van der Waals surface area contributed by atoms with Gasteiger partial charge in [0, 0.05) is 0 Å². The van der Waals surface area contributed by atoms with Crippen LogP contribution in [-0.4, -0.2) is 42.2 Å². The minimum Gasteiger partial charge on any atom is -0.505 e. The van der Waals surface area contributed by atoms with E-state index in [1.54, 1.807) is 6.92 Å². The summed E-state index contributed by atoms with van der Waals surface area (Å²) in [5, 5.41) is 25.2. The van der Waals surface area contributed by atoms with Crippen molar-refractivity contribution in [2.45, 2.75) is 13.8 Å². The molecule has 2 heterocycles. The molecule has 144 valence electrons. The average molecular weight is 422 g/mol. The van der Waals surface area contributed by atoms with Crippen LogP contribution in [0.2, 0.25) is 10.0 Å². The summed E-state index contributed by atoms with van der Waals surface area (Å²) in [5.41, 5.74) is 3.15. The van der Waals surface area contributed by atoms with Crippen molar-refractivity contribution in [3.63, 3.8) is 0 Å². The summed E-state index contributed by atoms with van der Waals surface area (Å²) in [5.74, 6) is -0.844. The molecule has 28 heavy (non-hydrogen) atoms. The number of aryl methyl sites for hydroxylation is 2. The van der Waals surface area contributed by atoms with Crippen LogP contribution in [0.1, 0.15) is 27.4 Å². The minimum absolute atomic E-state index is 0.00470. The van der Waals surface area contributed by atoms with Crippen molar-refractivity contribution in [2.75, 3.05) is 0 Å². The molecule has 1 aromatic carbocycles. The Morgan fingerprint density at radius 3 is 2.57 bits per heavy atom. The molecule has 0 radical (unpaired) electrons. The van der Waals surface area contributed by atoms with Gasteiger partial charge < -0.3 is 5.11 Å². The SMILES string of the molecule is Cc1cc(C(=O)N/N=C\c2cc(Cl)c(O)c(Cl)c2)n(-c2nnc(C)c(=O)[nH]2)n1. The number of amides is 1. The highest BCUT2D eigenvalue weighted by atomic mass is 35.5. The van der Waals surface area contributed by atoms with Crippen LogP contribution in [0.15, 0.2) is 28.1 Å². The molecule has 0 unspecified atom stereocenters. The molecule has 1 amide bonds. The number of hydrogen-bond donors (Lipinski definition) is 3. The zero-order valence-corrected chi connectivity index (χ0v) is 16.1. The van der Waals surface area contributed by atoms with Crippen LogP contribution in [-0.2, 0) is 0 Å². The van der Waals surface area contributed by atoms with E-state index >= 15 is 0 Å². The lowest BCUT2D eigenvalue weighted by molar-refractivity contribution is 0.0947. The van der Waals surface area contributed by atoms with E-state index < -0.39 is 11.5 Å². The van der Waals surface area contributed by atoms with Crippen molar-refractivity contribution in [3.8, 4) is 11.7 Å². The maximum Gasteiger partial charge on any atom is 0.290 e. The molecule has 0 saturated carbocycles. The van der Waals surface area contributed by atoms with Crippen LogP contribution in [0, 0.1) is 13.8 Å². The van der Waals surface area contributed by atoms with Gasteiger partial charge in [0.05, 0.1) is 22.0 Å². The Morgan fingerprint density at radius 2 is 1.93 bits per heavy atom. The monoisotopic (exact) mass is 421 g/mol. The summed E-state index contributed by atoms with van der Waals surface area (Å²) in [6.07, 6.45) is 1.30. The van der Waals surface area contributed by atoms with E-state index in [9.17, 15) is 14.7 Å². The summed E-state index contributed by atoms with van der Waals surface area (Å²) in [6, 6.07) is 4.36. The number of nitrogens with zero attached hydrogens (tertiary/aromatic N) is 5. The van der Waals surface area contributed by atoms with Gasteiger partial charge in [-0.3, -0.25) is 14.6 Å². The first-order valence-electron chi connectivity index (χ1n) is 7.78. The summed E-state index contributed by atoms with van der Waals surface area (Å²) in [7, 11) is 0. The first kappa shape index (κ1) is 19.5. The number of carbonyl (C=O) groups is 1. The summed E-state index contributed by atoms with van der Waals surface area (Å²) < 4.78 is 1.16. The van der Waals surface area contributed by atoms with Gasteiger partial charge in [0.25, 0.3) is 17.4 Å². The zero-order valence-electron chi connectivity index (χ0n) is 14.6. The second-order valence-electron chi connectivity index (χ2n) is 5.68. The Hall–Kier alpha value is -3.24. The van der Waals surface area contributed by atoms with Gasteiger partial charge in [-0.25, -0.2) is 5.43 Å². The number of aromatic hydroxyl groups is 1. The van der Waals surface area contributed by atoms with Crippen LogP contribution in [0.5, 0.6) is 5.75 Å². The number of carbonyl (C=O) groups excluding carboxylic acids is 1. The highest BCUT2D eigenvalue weighted by molar-refractivity contribution is 6.37. The van der Waals surface area contributed by atoms with Gasteiger partial charge in [-0.05, 0) is 37.6 Å². The molecular formula is C16H13Cl2N7O3. The second-order valence-corrected chi connectivity index (χ2v) is 6.49. The first-order chi connectivity index (χ1) is 13.3. The molecule has 3 aromatic rings. The van der Waals surface area contributed by atoms with Crippen molar-refractivity contribution in [1.82, 2.24) is 30.4 Å². The Morgan fingerprint density at radius 1 is 1.25 bits per heavy atom.